The molecule has 1 N–H and O–H groups in total. The molecule has 4 rings (SSSR count). The minimum Gasteiger partial charge on any atom is -0.366 e. The van der Waals surface area contributed by atoms with Gasteiger partial charge in [-0.2, -0.15) is 5.10 Å². The molecule has 1 unspecified atom stereocenters. The molecular weight excluding hydrogens is 483 g/mol. The number of hydrogen-bond acceptors (Lipinski definition) is 6. The maximum Gasteiger partial charge on any atom is 0.178 e. The number of aryl methyl sites for hydroxylation is 2. The standard InChI is InChI=1S/C23H26Cl2N6O.ClH/c1-14-8-15(2)28-23(27-14)22-20(12-26-29-22)21(32)4-5-30-6-7-31(16(3)13-30)19-10-17(24)9-18(25)11-19;/h8-12,16H,4-7,13H2,1-3H3,(H,26,29);1H. The highest BCUT2D eigenvalue weighted by molar-refractivity contribution is 6.35. The molecule has 7 nitrogen and oxygen atoms in total. The molecule has 1 aliphatic rings. The molecule has 3 aromatic rings. The Bertz CT molecular complexity index is 1090. The van der Waals surface area contributed by atoms with Crippen LogP contribution in [0.3, 0.4) is 0 Å². The Labute approximate surface area is 209 Å². The molecule has 1 atom stereocenters. The van der Waals surface area contributed by atoms with Gasteiger partial charge in [0, 0.05) is 65.8 Å². The summed E-state index contributed by atoms with van der Waals surface area (Å²) in [5.41, 5.74) is 3.86. The van der Waals surface area contributed by atoms with E-state index in [1.165, 1.54) is 0 Å². The van der Waals surface area contributed by atoms with Gasteiger partial charge in [-0.3, -0.25) is 14.8 Å². The average molecular weight is 510 g/mol. The Morgan fingerprint density at radius 2 is 1.76 bits per heavy atom. The van der Waals surface area contributed by atoms with E-state index in [4.69, 9.17) is 23.2 Å². The molecule has 1 aliphatic heterocycles. The molecule has 1 fully saturated rings. The monoisotopic (exact) mass is 508 g/mol. The van der Waals surface area contributed by atoms with E-state index in [0.29, 0.717) is 40.1 Å². The lowest BCUT2D eigenvalue weighted by atomic mass is 10.1. The second kappa shape index (κ2) is 10.8. The zero-order valence-corrected chi connectivity index (χ0v) is 21.1. The number of benzene rings is 1. The van der Waals surface area contributed by atoms with E-state index in [0.717, 1.165) is 36.7 Å². The van der Waals surface area contributed by atoms with Crippen LogP contribution in [0.4, 0.5) is 5.69 Å². The highest BCUT2D eigenvalue weighted by atomic mass is 35.5. The third kappa shape index (κ3) is 6.03. The number of nitrogens with zero attached hydrogens (tertiary/aromatic N) is 5. The first-order valence-electron chi connectivity index (χ1n) is 10.6. The molecule has 33 heavy (non-hydrogen) atoms. The van der Waals surface area contributed by atoms with E-state index in [-0.39, 0.29) is 24.2 Å². The van der Waals surface area contributed by atoms with Crippen molar-refractivity contribution in [1.29, 1.82) is 0 Å². The van der Waals surface area contributed by atoms with Gasteiger partial charge in [-0.05, 0) is 45.0 Å². The Balaban J connectivity index is 0.00000306. The van der Waals surface area contributed by atoms with E-state index in [9.17, 15) is 4.79 Å². The van der Waals surface area contributed by atoms with Crippen LogP contribution in [0.5, 0.6) is 0 Å². The van der Waals surface area contributed by atoms with Gasteiger partial charge < -0.3 is 4.90 Å². The average Bonchev–Trinajstić information content (AvgIpc) is 3.21. The summed E-state index contributed by atoms with van der Waals surface area (Å²) >= 11 is 12.4. The third-order valence-electron chi connectivity index (χ3n) is 5.69. The smallest absolute Gasteiger partial charge is 0.178 e. The summed E-state index contributed by atoms with van der Waals surface area (Å²) < 4.78 is 0. The third-order valence-corrected chi connectivity index (χ3v) is 6.13. The van der Waals surface area contributed by atoms with Crippen LogP contribution in [0.25, 0.3) is 11.5 Å². The molecule has 1 aromatic carbocycles. The number of carbonyl (C=O) groups is 1. The van der Waals surface area contributed by atoms with Crippen LogP contribution in [0.1, 0.15) is 35.1 Å². The lowest BCUT2D eigenvalue weighted by molar-refractivity contribution is 0.0959. The number of ketones is 1. The summed E-state index contributed by atoms with van der Waals surface area (Å²) in [4.78, 5) is 26.5. The Morgan fingerprint density at radius 1 is 1.09 bits per heavy atom. The van der Waals surface area contributed by atoms with E-state index in [1.54, 1.807) is 12.3 Å². The van der Waals surface area contributed by atoms with Crippen LogP contribution < -0.4 is 4.90 Å². The number of carbonyl (C=O) groups excluding carboxylic acids is 1. The maximum atomic E-state index is 13.0. The van der Waals surface area contributed by atoms with Crippen molar-refractivity contribution in [3.8, 4) is 11.5 Å². The molecule has 0 aliphatic carbocycles. The number of anilines is 1. The van der Waals surface area contributed by atoms with E-state index < -0.39 is 0 Å². The molecule has 10 heteroatoms. The normalized spacial score (nSPS) is 16.5. The lowest BCUT2D eigenvalue weighted by Crippen LogP contribution is -2.52. The van der Waals surface area contributed by atoms with Gasteiger partial charge in [0.1, 0.15) is 5.69 Å². The fourth-order valence-corrected chi connectivity index (χ4v) is 4.74. The number of Topliss-reactive ketones (excluding diaryl/α,β-unsaturated/α-hetero) is 1. The van der Waals surface area contributed by atoms with Gasteiger partial charge in [-0.15, -0.1) is 12.4 Å². The molecule has 2 aromatic heterocycles. The molecule has 0 saturated carbocycles. The van der Waals surface area contributed by atoms with E-state index >= 15 is 0 Å². The van der Waals surface area contributed by atoms with Gasteiger partial charge in [0.15, 0.2) is 11.6 Å². The summed E-state index contributed by atoms with van der Waals surface area (Å²) in [6, 6.07) is 7.81. The molecular formula is C23H27Cl3N6O. The van der Waals surface area contributed by atoms with Crippen LogP contribution in [-0.4, -0.2) is 63.1 Å². The second-order valence-electron chi connectivity index (χ2n) is 8.28. The van der Waals surface area contributed by atoms with Gasteiger partial charge in [-0.1, -0.05) is 23.2 Å². The zero-order valence-electron chi connectivity index (χ0n) is 18.8. The summed E-state index contributed by atoms with van der Waals surface area (Å²) in [6.45, 7) is 9.25. The van der Waals surface area contributed by atoms with Gasteiger partial charge >= 0.3 is 0 Å². The Kier molecular flexibility index (Phi) is 8.34. The molecule has 1 saturated heterocycles. The van der Waals surface area contributed by atoms with Crippen molar-refractivity contribution < 1.29 is 4.79 Å². The van der Waals surface area contributed by atoms with Crippen molar-refractivity contribution in [3.63, 3.8) is 0 Å². The van der Waals surface area contributed by atoms with Gasteiger partial charge in [0.2, 0.25) is 0 Å². The zero-order chi connectivity index (χ0) is 22.8. The minimum absolute atomic E-state index is 0. The van der Waals surface area contributed by atoms with Crippen LogP contribution in [0, 0.1) is 13.8 Å². The van der Waals surface area contributed by atoms with Crippen LogP contribution in [0.2, 0.25) is 10.0 Å². The second-order valence-corrected chi connectivity index (χ2v) is 9.15. The quantitative estimate of drug-likeness (QED) is 0.471. The molecule has 176 valence electrons. The SMILES string of the molecule is Cc1cc(C)nc(-c2[nH]ncc2C(=O)CCN2CCN(c3cc(Cl)cc(Cl)c3)C(C)C2)n1.Cl. The number of piperazine rings is 1. The van der Waals surface area contributed by atoms with Gasteiger partial charge in [0.25, 0.3) is 0 Å². The van der Waals surface area contributed by atoms with Crippen LogP contribution in [-0.2, 0) is 0 Å². The van der Waals surface area contributed by atoms with Crippen molar-refractivity contribution in [2.75, 3.05) is 31.1 Å². The highest BCUT2D eigenvalue weighted by Gasteiger charge is 2.25. The summed E-state index contributed by atoms with van der Waals surface area (Å²) in [5.74, 6) is 0.541. The first-order chi connectivity index (χ1) is 15.3. The molecule has 0 amide bonds. The van der Waals surface area contributed by atoms with Gasteiger partial charge in [-0.25, -0.2) is 9.97 Å². The van der Waals surface area contributed by atoms with Crippen molar-refractivity contribution in [3.05, 3.63) is 57.5 Å². The summed E-state index contributed by atoms with van der Waals surface area (Å²) in [7, 11) is 0. The van der Waals surface area contributed by atoms with E-state index in [1.807, 2.05) is 32.0 Å². The van der Waals surface area contributed by atoms with Crippen molar-refractivity contribution >= 4 is 47.1 Å². The van der Waals surface area contributed by atoms with Crippen molar-refractivity contribution in [2.45, 2.75) is 33.2 Å². The largest absolute Gasteiger partial charge is 0.366 e. The predicted molar refractivity (Wildman–Crippen MR) is 135 cm³/mol. The molecule has 0 radical (unpaired) electrons. The number of aromatic amines is 1. The number of nitrogens with one attached hydrogen (secondary N) is 1. The first-order valence-corrected chi connectivity index (χ1v) is 11.4. The van der Waals surface area contributed by atoms with Crippen molar-refractivity contribution in [1.82, 2.24) is 25.1 Å². The number of halogens is 3. The van der Waals surface area contributed by atoms with E-state index in [2.05, 4.69) is 36.9 Å². The number of aromatic nitrogens is 4. The van der Waals surface area contributed by atoms with Gasteiger partial charge in [0.05, 0.1) is 11.8 Å². The van der Waals surface area contributed by atoms with Crippen LogP contribution in [0.15, 0.2) is 30.5 Å². The lowest BCUT2D eigenvalue weighted by Gasteiger charge is -2.41. The summed E-state index contributed by atoms with van der Waals surface area (Å²) in [6.07, 6.45) is 1.98. The highest BCUT2D eigenvalue weighted by Crippen LogP contribution is 2.28. The number of hydrogen-bond donors (Lipinski definition) is 1. The maximum absolute atomic E-state index is 13.0. The van der Waals surface area contributed by atoms with Crippen LogP contribution >= 0.6 is 35.6 Å². The summed E-state index contributed by atoms with van der Waals surface area (Å²) in [5, 5.41) is 8.24. The first kappa shape index (κ1) is 25.4. The topological polar surface area (TPSA) is 78.0 Å². The minimum atomic E-state index is 0. The predicted octanol–water partition coefficient (Wildman–Crippen LogP) is 5.00. The number of H-pyrrole nitrogens is 1. The fraction of sp³-hybridized carbons (Fsp3) is 0.391. The fourth-order valence-electron chi connectivity index (χ4n) is 4.22. The Morgan fingerprint density at radius 3 is 2.39 bits per heavy atom. The van der Waals surface area contributed by atoms with Crippen molar-refractivity contribution in [2.24, 2.45) is 0 Å². The molecule has 3 heterocycles. The Hall–Kier alpha value is -2.19. The molecule has 0 bridgehead atoms. The molecule has 0 spiro atoms. The number of rotatable bonds is 6.